The third-order valence-corrected chi connectivity index (χ3v) is 3.38. The van der Waals surface area contributed by atoms with Crippen LogP contribution in [-0.2, 0) is 24.3 Å². The van der Waals surface area contributed by atoms with Gasteiger partial charge in [0.05, 0.1) is 19.8 Å². The number of nitrogens with one attached hydrogen (secondary N) is 2. The summed E-state index contributed by atoms with van der Waals surface area (Å²) in [4.78, 5) is 11.0. The van der Waals surface area contributed by atoms with Gasteiger partial charge in [-0.05, 0) is 6.92 Å². The summed E-state index contributed by atoms with van der Waals surface area (Å²) in [6, 6.07) is -0.0549. The normalized spacial score (nSPS) is 21.1. The molecule has 8 heteroatoms. The van der Waals surface area contributed by atoms with Crippen LogP contribution in [0.5, 0.6) is 0 Å². The third-order valence-electron chi connectivity index (χ3n) is 2.16. The molecule has 2 N–H and O–H groups in total. The second kappa shape index (κ2) is 6.90. The van der Waals surface area contributed by atoms with Gasteiger partial charge in [-0.25, -0.2) is 13.1 Å². The Morgan fingerprint density at radius 3 is 2.94 bits per heavy atom. The summed E-state index contributed by atoms with van der Waals surface area (Å²) >= 11 is 0. The molecule has 0 aliphatic carbocycles. The second-order valence-electron chi connectivity index (χ2n) is 3.64. The van der Waals surface area contributed by atoms with Crippen LogP contribution in [0.3, 0.4) is 0 Å². The Labute approximate surface area is 101 Å². The molecule has 1 heterocycles. The van der Waals surface area contributed by atoms with Crippen molar-refractivity contribution in [2.75, 3.05) is 38.7 Å². The molecule has 1 saturated heterocycles. The third kappa shape index (κ3) is 5.97. The minimum atomic E-state index is -3.62. The van der Waals surface area contributed by atoms with E-state index in [1.807, 2.05) is 0 Å². The van der Waals surface area contributed by atoms with Crippen molar-refractivity contribution in [1.82, 2.24) is 10.0 Å². The van der Waals surface area contributed by atoms with Crippen molar-refractivity contribution in [3.05, 3.63) is 0 Å². The highest BCUT2D eigenvalue weighted by atomic mass is 32.2. The molecule has 0 bridgehead atoms. The highest BCUT2D eigenvalue weighted by Crippen LogP contribution is 1.94. The van der Waals surface area contributed by atoms with E-state index in [0.29, 0.717) is 19.8 Å². The largest absolute Gasteiger partial charge is 0.465 e. The lowest BCUT2D eigenvalue weighted by Crippen LogP contribution is -2.48. The van der Waals surface area contributed by atoms with E-state index in [4.69, 9.17) is 4.74 Å². The number of hydrogen-bond donors (Lipinski definition) is 2. The summed E-state index contributed by atoms with van der Waals surface area (Å²) < 4.78 is 35.1. The standard InChI is InChI=1S/C9H18N2O5S/c1-2-16-9(12)7-17(13,14)11-5-8-6-15-4-3-10-8/h8,10-11H,2-7H2,1H3. The minimum absolute atomic E-state index is 0.0549. The number of morpholine rings is 1. The average molecular weight is 266 g/mol. The number of hydrogen-bond acceptors (Lipinski definition) is 6. The van der Waals surface area contributed by atoms with Crippen molar-refractivity contribution >= 4 is 16.0 Å². The lowest BCUT2D eigenvalue weighted by molar-refractivity contribution is -0.139. The van der Waals surface area contributed by atoms with E-state index in [9.17, 15) is 13.2 Å². The number of ether oxygens (including phenoxy) is 2. The Balaban J connectivity index is 2.30. The maximum atomic E-state index is 11.5. The number of esters is 1. The Bertz CT molecular complexity index is 337. The van der Waals surface area contributed by atoms with Crippen LogP contribution in [-0.4, -0.2) is 59.1 Å². The van der Waals surface area contributed by atoms with Gasteiger partial charge in [0.1, 0.15) is 0 Å². The Morgan fingerprint density at radius 2 is 2.35 bits per heavy atom. The second-order valence-corrected chi connectivity index (χ2v) is 5.45. The van der Waals surface area contributed by atoms with Gasteiger partial charge in [-0.2, -0.15) is 0 Å². The smallest absolute Gasteiger partial charge is 0.322 e. The molecule has 0 spiro atoms. The van der Waals surface area contributed by atoms with Gasteiger partial charge in [-0.3, -0.25) is 4.79 Å². The number of sulfonamides is 1. The van der Waals surface area contributed by atoms with E-state index in [-0.39, 0.29) is 19.2 Å². The van der Waals surface area contributed by atoms with Crippen molar-refractivity contribution in [2.24, 2.45) is 0 Å². The zero-order valence-corrected chi connectivity index (χ0v) is 10.6. The first-order valence-electron chi connectivity index (χ1n) is 5.47. The van der Waals surface area contributed by atoms with Gasteiger partial charge in [0.25, 0.3) is 0 Å². The lowest BCUT2D eigenvalue weighted by atomic mass is 10.3. The maximum Gasteiger partial charge on any atom is 0.322 e. The molecule has 0 aromatic carbocycles. The Hall–Kier alpha value is -0.700. The minimum Gasteiger partial charge on any atom is -0.465 e. The highest BCUT2D eigenvalue weighted by molar-refractivity contribution is 7.90. The molecule has 1 aliphatic rings. The van der Waals surface area contributed by atoms with E-state index in [1.54, 1.807) is 6.92 Å². The molecular weight excluding hydrogens is 248 g/mol. The molecular formula is C9H18N2O5S. The SMILES string of the molecule is CCOC(=O)CS(=O)(=O)NCC1COCCN1. The average Bonchev–Trinajstić information content (AvgIpc) is 2.27. The summed E-state index contributed by atoms with van der Waals surface area (Å²) in [5.41, 5.74) is 0. The highest BCUT2D eigenvalue weighted by Gasteiger charge is 2.20. The maximum absolute atomic E-state index is 11.5. The summed E-state index contributed by atoms with van der Waals surface area (Å²) in [7, 11) is -3.62. The molecule has 0 aromatic heterocycles. The van der Waals surface area contributed by atoms with Gasteiger partial charge in [-0.15, -0.1) is 0 Å². The lowest BCUT2D eigenvalue weighted by Gasteiger charge is -2.23. The first kappa shape index (κ1) is 14.4. The predicted molar refractivity (Wildman–Crippen MR) is 61.0 cm³/mol. The molecule has 0 radical (unpaired) electrons. The molecule has 1 aliphatic heterocycles. The number of carbonyl (C=O) groups is 1. The molecule has 17 heavy (non-hydrogen) atoms. The topological polar surface area (TPSA) is 93.7 Å². The quantitative estimate of drug-likeness (QED) is 0.566. The Morgan fingerprint density at radius 1 is 1.59 bits per heavy atom. The van der Waals surface area contributed by atoms with Gasteiger partial charge in [0, 0.05) is 19.1 Å². The van der Waals surface area contributed by atoms with Crippen LogP contribution in [0, 0.1) is 0 Å². The molecule has 1 fully saturated rings. The van der Waals surface area contributed by atoms with Crippen molar-refractivity contribution < 1.29 is 22.7 Å². The van der Waals surface area contributed by atoms with Gasteiger partial charge in [0.2, 0.25) is 10.0 Å². The molecule has 0 amide bonds. The predicted octanol–water partition coefficient (Wildman–Crippen LogP) is -1.54. The molecule has 0 aromatic rings. The van der Waals surface area contributed by atoms with Crippen LogP contribution in [0.15, 0.2) is 0 Å². The van der Waals surface area contributed by atoms with Crippen LogP contribution in [0.1, 0.15) is 6.92 Å². The van der Waals surface area contributed by atoms with Gasteiger partial charge < -0.3 is 14.8 Å². The monoisotopic (exact) mass is 266 g/mol. The fraction of sp³-hybridized carbons (Fsp3) is 0.889. The van der Waals surface area contributed by atoms with Crippen molar-refractivity contribution in [2.45, 2.75) is 13.0 Å². The molecule has 100 valence electrons. The summed E-state index contributed by atoms with van der Waals surface area (Å²) in [5.74, 6) is -1.39. The first-order chi connectivity index (χ1) is 8.03. The number of rotatable bonds is 6. The van der Waals surface area contributed by atoms with E-state index in [0.717, 1.165) is 0 Å². The zero-order valence-electron chi connectivity index (χ0n) is 9.77. The Kier molecular flexibility index (Phi) is 5.83. The summed E-state index contributed by atoms with van der Waals surface area (Å²) in [5, 5.41) is 3.10. The van der Waals surface area contributed by atoms with E-state index < -0.39 is 21.7 Å². The summed E-state index contributed by atoms with van der Waals surface area (Å²) in [6.07, 6.45) is 0. The van der Waals surface area contributed by atoms with E-state index in [2.05, 4.69) is 14.8 Å². The van der Waals surface area contributed by atoms with Crippen molar-refractivity contribution in [3.63, 3.8) is 0 Å². The zero-order chi connectivity index (χ0) is 12.7. The molecule has 1 unspecified atom stereocenters. The number of carbonyl (C=O) groups excluding carboxylic acids is 1. The molecule has 1 atom stereocenters. The molecule has 0 saturated carbocycles. The fourth-order valence-corrected chi connectivity index (χ4v) is 2.34. The van der Waals surface area contributed by atoms with Gasteiger partial charge in [-0.1, -0.05) is 0 Å². The van der Waals surface area contributed by atoms with Crippen molar-refractivity contribution in [3.8, 4) is 0 Å². The van der Waals surface area contributed by atoms with Crippen molar-refractivity contribution in [1.29, 1.82) is 0 Å². The van der Waals surface area contributed by atoms with Gasteiger partial charge in [0.15, 0.2) is 5.75 Å². The van der Waals surface area contributed by atoms with E-state index in [1.165, 1.54) is 0 Å². The van der Waals surface area contributed by atoms with Crippen LogP contribution in [0.25, 0.3) is 0 Å². The fourth-order valence-electron chi connectivity index (χ4n) is 1.39. The van der Waals surface area contributed by atoms with E-state index >= 15 is 0 Å². The van der Waals surface area contributed by atoms with Crippen LogP contribution >= 0.6 is 0 Å². The van der Waals surface area contributed by atoms with Crippen LogP contribution < -0.4 is 10.0 Å². The first-order valence-corrected chi connectivity index (χ1v) is 7.13. The summed E-state index contributed by atoms with van der Waals surface area (Å²) in [6.45, 7) is 3.80. The van der Waals surface area contributed by atoms with Crippen LogP contribution in [0.2, 0.25) is 0 Å². The molecule has 1 rings (SSSR count). The van der Waals surface area contributed by atoms with Crippen LogP contribution in [0.4, 0.5) is 0 Å². The molecule has 7 nitrogen and oxygen atoms in total. The van der Waals surface area contributed by atoms with Gasteiger partial charge >= 0.3 is 5.97 Å².